The van der Waals surface area contributed by atoms with Crippen LogP contribution in [0.1, 0.15) is 35.5 Å². The van der Waals surface area contributed by atoms with Crippen molar-refractivity contribution in [2.24, 2.45) is 0 Å². The maximum atomic E-state index is 10.2. The van der Waals surface area contributed by atoms with Crippen molar-refractivity contribution in [2.75, 3.05) is 6.54 Å². The molecule has 4 aromatic rings. The van der Waals surface area contributed by atoms with Gasteiger partial charge in [-0.05, 0) is 24.1 Å². The first kappa shape index (κ1) is 17.2. The number of aliphatic hydroxyl groups is 1. The highest BCUT2D eigenvalue weighted by molar-refractivity contribution is 5.77. The lowest BCUT2D eigenvalue weighted by Crippen LogP contribution is -2.24. The van der Waals surface area contributed by atoms with E-state index in [2.05, 4.69) is 15.0 Å². The lowest BCUT2D eigenvalue weighted by atomic mass is 10.1. The third-order valence-electron chi connectivity index (χ3n) is 5.19. The molecule has 3 heterocycles. The summed E-state index contributed by atoms with van der Waals surface area (Å²) in [6.45, 7) is 1.14. The topological polar surface area (TPSA) is 75.5 Å². The van der Waals surface area contributed by atoms with Crippen molar-refractivity contribution in [3.8, 4) is 0 Å². The number of aliphatic hydroxyl groups excluding tert-OH is 1. The van der Waals surface area contributed by atoms with E-state index in [0.29, 0.717) is 37.6 Å². The predicted octanol–water partition coefficient (Wildman–Crippen LogP) is 3.71. The molecule has 1 N–H and O–H groups in total. The zero-order chi connectivity index (χ0) is 18.9. The van der Waals surface area contributed by atoms with Crippen molar-refractivity contribution >= 4 is 11.0 Å². The monoisotopic (exact) mass is 375 g/mol. The number of nitrogens with zero attached hydrogens (tertiary/aromatic N) is 3. The van der Waals surface area contributed by atoms with Gasteiger partial charge in [0.1, 0.15) is 11.3 Å². The summed E-state index contributed by atoms with van der Waals surface area (Å²) in [4.78, 5) is 6.74. The highest BCUT2D eigenvalue weighted by Crippen LogP contribution is 2.33. The van der Waals surface area contributed by atoms with E-state index in [1.165, 1.54) is 0 Å². The fourth-order valence-corrected chi connectivity index (χ4v) is 3.88. The molecular weight excluding hydrogens is 354 g/mol. The molecule has 0 bridgehead atoms. The lowest BCUT2D eigenvalue weighted by molar-refractivity contribution is 0.164. The number of furan rings is 1. The number of hydrogen-bond donors (Lipinski definition) is 1. The number of benzene rings is 2. The molecule has 2 aromatic carbocycles. The van der Waals surface area contributed by atoms with Gasteiger partial charge in [0.2, 0.25) is 5.89 Å². The Bertz CT molecular complexity index is 1040. The SMILES string of the molecule is OC1CC(c2nc(Cc3ccccc3)no2)N(Cc2cc3ccccc3o2)C1. The minimum absolute atomic E-state index is 0.111. The van der Waals surface area contributed by atoms with E-state index in [9.17, 15) is 5.11 Å². The third kappa shape index (κ3) is 3.44. The van der Waals surface area contributed by atoms with Crippen LogP contribution in [0.5, 0.6) is 0 Å². The van der Waals surface area contributed by atoms with Crippen molar-refractivity contribution in [1.82, 2.24) is 15.0 Å². The van der Waals surface area contributed by atoms with Gasteiger partial charge in [-0.15, -0.1) is 0 Å². The van der Waals surface area contributed by atoms with Crippen LogP contribution >= 0.6 is 0 Å². The van der Waals surface area contributed by atoms with E-state index in [1.54, 1.807) is 0 Å². The van der Waals surface area contributed by atoms with Crippen molar-refractivity contribution in [3.05, 3.63) is 83.7 Å². The van der Waals surface area contributed by atoms with Gasteiger partial charge in [0.15, 0.2) is 5.82 Å². The van der Waals surface area contributed by atoms with Crippen molar-refractivity contribution in [1.29, 1.82) is 0 Å². The summed E-state index contributed by atoms with van der Waals surface area (Å²) in [6.07, 6.45) is 0.787. The Hall–Kier alpha value is -2.96. The first-order chi connectivity index (χ1) is 13.7. The molecule has 1 aliphatic heterocycles. The Kier molecular flexibility index (Phi) is 4.43. The number of aromatic nitrogens is 2. The van der Waals surface area contributed by atoms with Crippen LogP contribution in [-0.2, 0) is 13.0 Å². The minimum Gasteiger partial charge on any atom is -0.460 e. The van der Waals surface area contributed by atoms with Crippen LogP contribution in [0.2, 0.25) is 0 Å². The van der Waals surface area contributed by atoms with Gasteiger partial charge in [-0.25, -0.2) is 0 Å². The standard InChI is InChI=1S/C22H21N3O3/c26-17-12-19(22-23-21(24-28-22)10-15-6-2-1-3-7-15)25(13-17)14-18-11-16-8-4-5-9-20(16)27-18/h1-9,11,17,19,26H,10,12-14H2. The molecule has 0 aliphatic carbocycles. The number of para-hydroxylation sites is 1. The Morgan fingerprint density at radius 1 is 1.07 bits per heavy atom. The average Bonchev–Trinajstić information content (AvgIpc) is 3.41. The zero-order valence-corrected chi connectivity index (χ0v) is 15.4. The second-order valence-electron chi connectivity index (χ2n) is 7.30. The minimum atomic E-state index is -0.418. The third-order valence-corrected chi connectivity index (χ3v) is 5.19. The van der Waals surface area contributed by atoms with E-state index < -0.39 is 6.10 Å². The lowest BCUT2D eigenvalue weighted by Gasteiger charge is -2.19. The summed E-state index contributed by atoms with van der Waals surface area (Å²) in [7, 11) is 0. The van der Waals surface area contributed by atoms with Crippen LogP contribution in [0.15, 0.2) is 69.6 Å². The second-order valence-corrected chi connectivity index (χ2v) is 7.30. The molecule has 2 unspecified atom stereocenters. The van der Waals surface area contributed by atoms with Crippen LogP contribution in [-0.4, -0.2) is 32.8 Å². The summed E-state index contributed by atoms with van der Waals surface area (Å²) in [6, 6.07) is 20.0. The summed E-state index contributed by atoms with van der Waals surface area (Å²) in [5.41, 5.74) is 2.01. The first-order valence-corrected chi connectivity index (χ1v) is 9.50. The molecule has 2 aromatic heterocycles. The summed E-state index contributed by atoms with van der Waals surface area (Å²) >= 11 is 0. The molecule has 0 radical (unpaired) electrons. The van der Waals surface area contributed by atoms with Crippen molar-refractivity contribution < 1.29 is 14.0 Å². The van der Waals surface area contributed by atoms with E-state index in [0.717, 1.165) is 22.3 Å². The Morgan fingerprint density at radius 2 is 1.89 bits per heavy atom. The molecule has 0 saturated carbocycles. The second kappa shape index (κ2) is 7.22. The van der Waals surface area contributed by atoms with Crippen molar-refractivity contribution in [2.45, 2.75) is 31.5 Å². The largest absolute Gasteiger partial charge is 0.460 e. The molecule has 1 saturated heterocycles. The van der Waals surface area contributed by atoms with Crippen molar-refractivity contribution in [3.63, 3.8) is 0 Å². The molecule has 1 aliphatic rings. The molecule has 2 atom stereocenters. The van der Waals surface area contributed by atoms with Gasteiger partial charge in [0.05, 0.1) is 18.7 Å². The van der Waals surface area contributed by atoms with E-state index in [4.69, 9.17) is 8.94 Å². The molecule has 1 fully saturated rings. The zero-order valence-electron chi connectivity index (χ0n) is 15.4. The molecule has 142 valence electrons. The maximum Gasteiger partial charge on any atom is 0.244 e. The summed E-state index contributed by atoms with van der Waals surface area (Å²) < 4.78 is 11.5. The van der Waals surface area contributed by atoms with Gasteiger partial charge in [0.25, 0.3) is 0 Å². The predicted molar refractivity (Wildman–Crippen MR) is 104 cm³/mol. The number of hydrogen-bond acceptors (Lipinski definition) is 6. The van der Waals surface area contributed by atoms with Crippen LogP contribution in [0.25, 0.3) is 11.0 Å². The summed E-state index contributed by atoms with van der Waals surface area (Å²) in [5, 5.41) is 15.4. The summed E-state index contributed by atoms with van der Waals surface area (Å²) in [5.74, 6) is 2.08. The maximum absolute atomic E-state index is 10.2. The van der Waals surface area contributed by atoms with E-state index in [-0.39, 0.29) is 6.04 Å². The Balaban J connectivity index is 1.34. The van der Waals surface area contributed by atoms with Gasteiger partial charge >= 0.3 is 0 Å². The number of likely N-dealkylation sites (tertiary alicyclic amines) is 1. The molecule has 6 heteroatoms. The molecule has 0 spiro atoms. The van der Waals surface area contributed by atoms with Gasteiger partial charge < -0.3 is 14.0 Å². The van der Waals surface area contributed by atoms with Crippen LogP contribution in [0, 0.1) is 0 Å². The quantitative estimate of drug-likeness (QED) is 0.573. The number of fused-ring (bicyclic) bond motifs is 1. The first-order valence-electron chi connectivity index (χ1n) is 9.50. The van der Waals surface area contributed by atoms with Gasteiger partial charge in [-0.2, -0.15) is 4.98 Å². The van der Waals surface area contributed by atoms with Gasteiger partial charge in [-0.1, -0.05) is 53.7 Å². The fraction of sp³-hybridized carbons (Fsp3) is 0.273. The molecule has 6 nitrogen and oxygen atoms in total. The van der Waals surface area contributed by atoms with Crippen LogP contribution in [0.4, 0.5) is 0 Å². The highest BCUT2D eigenvalue weighted by atomic mass is 16.5. The molecular formula is C22H21N3O3. The van der Waals surface area contributed by atoms with Gasteiger partial charge in [0, 0.05) is 18.4 Å². The highest BCUT2D eigenvalue weighted by Gasteiger charge is 2.36. The molecule has 5 rings (SSSR count). The van der Waals surface area contributed by atoms with Gasteiger partial charge in [-0.3, -0.25) is 4.90 Å². The van der Waals surface area contributed by atoms with E-state index >= 15 is 0 Å². The molecule has 28 heavy (non-hydrogen) atoms. The molecule has 0 amide bonds. The number of β-amino-alcohol motifs (C(OH)–C–C–N with tert-alkyl or cyclic N) is 1. The Morgan fingerprint density at radius 3 is 2.75 bits per heavy atom. The fourth-order valence-electron chi connectivity index (χ4n) is 3.88. The van der Waals surface area contributed by atoms with Crippen LogP contribution < -0.4 is 0 Å². The van der Waals surface area contributed by atoms with E-state index in [1.807, 2.05) is 60.7 Å². The number of rotatable bonds is 5. The Labute approximate surface area is 162 Å². The van der Waals surface area contributed by atoms with Crippen LogP contribution in [0.3, 0.4) is 0 Å². The normalized spacial score (nSPS) is 20.2. The smallest absolute Gasteiger partial charge is 0.244 e. The average molecular weight is 375 g/mol.